The zero-order chi connectivity index (χ0) is 14.0. The van der Waals surface area contributed by atoms with Crippen molar-refractivity contribution >= 4 is 5.91 Å². The summed E-state index contributed by atoms with van der Waals surface area (Å²) in [5.41, 5.74) is 2.98. The number of rotatable bonds is 4. The van der Waals surface area contributed by atoms with E-state index in [-0.39, 0.29) is 11.9 Å². The number of aromatic nitrogens is 5. The van der Waals surface area contributed by atoms with Crippen molar-refractivity contribution in [1.29, 1.82) is 0 Å². The second kappa shape index (κ2) is 5.21. The zero-order valence-corrected chi connectivity index (χ0v) is 11.6. The third-order valence-electron chi connectivity index (χ3n) is 2.86. The van der Waals surface area contributed by atoms with Gasteiger partial charge in [-0.3, -0.25) is 9.48 Å². The van der Waals surface area contributed by atoms with Gasteiger partial charge >= 0.3 is 0 Å². The van der Waals surface area contributed by atoms with Gasteiger partial charge in [-0.15, -0.1) is 0 Å². The minimum Gasteiger partial charge on any atom is -0.346 e. The highest BCUT2D eigenvalue weighted by atomic mass is 16.2. The fourth-order valence-corrected chi connectivity index (χ4v) is 1.96. The predicted molar refractivity (Wildman–Crippen MR) is 69.7 cm³/mol. The van der Waals surface area contributed by atoms with Crippen LogP contribution in [0.25, 0.3) is 0 Å². The maximum absolute atomic E-state index is 12.0. The Morgan fingerprint density at radius 3 is 2.68 bits per heavy atom. The second-order valence-electron chi connectivity index (χ2n) is 4.74. The fraction of sp³-hybridized carbons (Fsp3) is 0.500. The first-order valence-corrected chi connectivity index (χ1v) is 6.16. The van der Waals surface area contributed by atoms with E-state index >= 15 is 0 Å². The van der Waals surface area contributed by atoms with Crippen molar-refractivity contribution in [3.8, 4) is 0 Å². The number of aromatic amines is 1. The summed E-state index contributed by atoms with van der Waals surface area (Å²) in [6, 6.07) is 1.97. The lowest BCUT2D eigenvalue weighted by molar-refractivity contribution is 0.0930. The second-order valence-corrected chi connectivity index (χ2v) is 4.74. The van der Waals surface area contributed by atoms with Crippen molar-refractivity contribution in [3.05, 3.63) is 28.8 Å². The predicted octanol–water partition coefficient (Wildman–Crippen LogP) is 0.745. The van der Waals surface area contributed by atoms with Crippen molar-refractivity contribution in [3.63, 3.8) is 0 Å². The molecular formula is C12H18N6O. The number of carbonyl (C=O) groups excluding carboxylic acids is 1. The molecule has 0 aliphatic carbocycles. The molecule has 0 aliphatic rings. The molecule has 0 radical (unpaired) electrons. The van der Waals surface area contributed by atoms with E-state index in [0.29, 0.717) is 17.9 Å². The smallest absolute Gasteiger partial charge is 0.274 e. The lowest BCUT2D eigenvalue weighted by Crippen LogP contribution is -2.36. The average molecular weight is 262 g/mol. The largest absolute Gasteiger partial charge is 0.346 e. The van der Waals surface area contributed by atoms with E-state index in [1.165, 1.54) is 0 Å². The molecule has 0 fully saturated rings. The van der Waals surface area contributed by atoms with Gasteiger partial charge in [-0.25, -0.2) is 0 Å². The molecule has 0 saturated heterocycles. The van der Waals surface area contributed by atoms with E-state index < -0.39 is 0 Å². The molecule has 7 nitrogen and oxygen atoms in total. The Morgan fingerprint density at radius 2 is 2.16 bits per heavy atom. The first kappa shape index (κ1) is 13.3. The van der Waals surface area contributed by atoms with E-state index in [4.69, 9.17) is 0 Å². The van der Waals surface area contributed by atoms with Crippen LogP contribution in [0.2, 0.25) is 0 Å². The lowest BCUT2D eigenvalue weighted by atomic mass is 10.2. The number of nitrogens with zero attached hydrogens (tertiary/aromatic N) is 4. The van der Waals surface area contributed by atoms with Gasteiger partial charge < -0.3 is 5.32 Å². The molecule has 2 heterocycles. The highest BCUT2D eigenvalue weighted by Crippen LogP contribution is 2.04. The van der Waals surface area contributed by atoms with Crippen LogP contribution < -0.4 is 5.32 Å². The molecule has 1 atom stereocenters. The Hall–Kier alpha value is -2.18. The third-order valence-corrected chi connectivity index (χ3v) is 2.86. The van der Waals surface area contributed by atoms with E-state index in [2.05, 4.69) is 25.8 Å². The quantitative estimate of drug-likeness (QED) is 0.850. The molecule has 19 heavy (non-hydrogen) atoms. The van der Waals surface area contributed by atoms with Gasteiger partial charge in [0.1, 0.15) is 0 Å². The molecule has 7 heteroatoms. The molecule has 1 amide bonds. The first-order valence-electron chi connectivity index (χ1n) is 6.16. The van der Waals surface area contributed by atoms with Crippen LogP contribution in [0.15, 0.2) is 6.07 Å². The van der Waals surface area contributed by atoms with E-state index in [0.717, 1.165) is 11.4 Å². The number of H-pyrrole nitrogens is 1. The number of amides is 1. The zero-order valence-electron chi connectivity index (χ0n) is 11.6. The summed E-state index contributed by atoms with van der Waals surface area (Å²) in [5, 5.41) is 17.3. The Labute approximate surface area is 111 Å². The van der Waals surface area contributed by atoms with Gasteiger partial charge in [0.2, 0.25) is 0 Å². The molecule has 0 aliphatic heterocycles. The summed E-state index contributed by atoms with van der Waals surface area (Å²) in [4.78, 5) is 12.0. The van der Waals surface area contributed by atoms with Crippen LogP contribution in [0.4, 0.5) is 0 Å². The molecule has 0 bridgehead atoms. The van der Waals surface area contributed by atoms with Gasteiger partial charge in [0.15, 0.2) is 5.69 Å². The van der Waals surface area contributed by atoms with Gasteiger partial charge in [-0.05, 0) is 33.8 Å². The summed E-state index contributed by atoms with van der Waals surface area (Å²) < 4.78 is 1.88. The molecule has 0 spiro atoms. The number of carbonyl (C=O) groups is 1. The van der Waals surface area contributed by atoms with Crippen LogP contribution in [0.3, 0.4) is 0 Å². The monoisotopic (exact) mass is 262 g/mol. The van der Waals surface area contributed by atoms with Gasteiger partial charge in [0.25, 0.3) is 5.91 Å². The van der Waals surface area contributed by atoms with E-state index in [9.17, 15) is 4.79 Å². The maximum atomic E-state index is 12.0. The molecule has 102 valence electrons. The molecule has 2 N–H and O–H groups in total. The van der Waals surface area contributed by atoms with Crippen LogP contribution >= 0.6 is 0 Å². The van der Waals surface area contributed by atoms with Gasteiger partial charge in [0, 0.05) is 11.7 Å². The van der Waals surface area contributed by atoms with Gasteiger partial charge in [-0.1, -0.05) is 0 Å². The Bertz CT molecular complexity index is 585. The van der Waals surface area contributed by atoms with Crippen molar-refractivity contribution in [2.24, 2.45) is 0 Å². The number of hydrogen-bond acceptors (Lipinski definition) is 4. The first-order chi connectivity index (χ1) is 8.97. The number of aryl methyl sites for hydroxylation is 3. The van der Waals surface area contributed by atoms with E-state index in [1.54, 1.807) is 6.92 Å². The highest BCUT2D eigenvalue weighted by molar-refractivity contribution is 5.93. The van der Waals surface area contributed by atoms with Crippen LogP contribution in [-0.4, -0.2) is 37.1 Å². The fourth-order valence-electron chi connectivity index (χ4n) is 1.96. The Balaban J connectivity index is 1.98. The summed E-state index contributed by atoms with van der Waals surface area (Å²) in [6.07, 6.45) is 0. The minimum absolute atomic E-state index is 0.0402. The molecular weight excluding hydrogens is 244 g/mol. The normalized spacial score (nSPS) is 12.4. The van der Waals surface area contributed by atoms with Crippen LogP contribution in [0.1, 0.15) is 34.5 Å². The molecule has 1 unspecified atom stereocenters. The molecule has 0 aromatic carbocycles. The average Bonchev–Trinajstić information content (AvgIpc) is 2.85. The minimum atomic E-state index is -0.222. The summed E-state index contributed by atoms with van der Waals surface area (Å²) in [7, 11) is 0. The maximum Gasteiger partial charge on any atom is 0.274 e. The standard InChI is InChI=1S/C12H18N6O/c1-7-5-9(3)18(16-7)6-8(2)13-12(19)11-10(4)14-17-15-11/h5,8H,6H2,1-4H3,(H,13,19)(H,14,15,17). The Morgan fingerprint density at radius 1 is 1.42 bits per heavy atom. The van der Waals surface area contributed by atoms with Crippen LogP contribution in [0, 0.1) is 20.8 Å². The van der Waals surface area contributed by atoms with Crippen LogP contribution in [0.5, 0.6) is 0 Å². The van der Waals surface area contributed by atoms with Crippen molar-refractivity contribution < 1.29 is 4.79 Å². The summed E-state index contributed by atoms with van der Waals surface area (Å²) in [5.74, 6) is -0.222. The van der Waals surface area contributed by atoms with E-state index in [1.807, 2.05) is 31.5 Å². The highest BCUT2D eigenvalue weighted by Gasteiger charge is 2.16. The Kier molecular flexibility index (Phi) is 3.64. The summed E-state index contributed by atoms with van der Waals surface area (Å²) in [6.45, 7) is 8.25. The van der Waals surface area contributed by atoms with Crippen molar-refractivity contribution in [2.75, 3.05) is 0 Å². The summed E-state index contributed by atoms with van der Waals surface area (Å²) >= 11 is 0. The van der Waals surface area contributed by atoms with Gasteiger partial charge in [-0.2, -0.15) is 20.5 Å². The molecule has 2 rings (SSSR count). The number of hydrogen-bond donors (Lipinski definition) is 2. The van der Waals surface area contributed by atoms with Crippen LogP contribution in [-0.2, 0) is 6.54 Å². The topological polar surface area (TPSA) is 88.5 Å². The molecule has 2 aromatic rings. The van der Waals surface area contributed by atoms with Crippen molar-refractivity contribution in [2.45, 2.75) is 40.3 Å². The molecule has 0 saturated carbocycles. The van der Waals surface area contributed by atoms with Crippen molar-refractivity contribution in [1.82, 2.24) is 30.5 Å². The lowest BCUT2D eigenvalue weighted by Gasteiger charge is -2.14. The number of nitrogens with one attached hydrogen (secondary N) is 2. The molecule has 2 aromatic heterocycles. The SMILES string of the molecule is Cc1cc(C)n(CC(C)NC(=O)c2n[nH]nc2C)n1. The third kappa shape index (κ3) is 2.98. The van der Waals surface area contributed by atoms with Gasteiger partial charge in [0.05, 0.1) is 17.9 Å².